The molecule has 0 fully saturated rings. The van der Waals surface area contributed by atoms with Gasteiger partial charge in [0.25, 0.3) is 5.56 Å². The Hall–Kier alpha value is -2.67. The molecule has 0 saturated carbocycles. The van der Waals surface area contributed by atoms with Crippen molar-refractivity contribution < 1.29 is 9.59 Å². The van der Waals surface area contributed by atoms with E-state index < -0.39 is 11.2 Å². The van der Waals surface area contributed by atoms with Crippen LogP contribution in [0.1, 0.15) is 22.3 Å². The molecule has 1 aromatic carbocycles. The number of fused-ring (bicyclic) bond motifs is 1. The summed E-state index contributed by atoms with van der Waals surface area (Å²) in [6, 6.07) is 5.08. The number of nitrogens with one attached hydrogen (secondary N) is 1. The van der Waals surface area contributed by atoms with Crippen molar-refractivity contribution in [2.45, 2.75) is 19.4 Å². The fraction of sp³-hybridized carbons (Fsp3) is 0.250. The van der Waals surface area contributed by atoms with Gasteiger partial charge in [-0.3, -0.25) is 23.9 Å². The zero-order valence-corrected chi connectivity index (χ0v) is 13.6. The number of rotatable bonds is 3. The molecule has 8 heteroatoms. The minimum Gasteiger partial charge on any atom is -0.315 e. The van der Waals surface area contributed by atoms with E-state index in [1.807, 2.05) is 4.98 Å². The molecule has 2 heterocycles. The number of H-pyrrole nitrogens is 1. The second kappa shape index (κ2) is 6.09. The lowest BCUT2D eigenvalue weighted by molar-refractivity contribution is -0.118. The second-order valence-corrected chi connectivity index (χ2v) is 5.99. The normalized spacial score (nSPS) is 13.8. The van der Waals surface area contributed by atoms with E-state index in [1.54, 1.807) is 30.1 Å². The number of ketones is 1. The van der Waals surface area contributed by atoms with Crippen LogP contribution in [0.2, 0.25) is 5.02 Å². The van der Waals surface area contributed by atoms with Gasteiger partial charge in [-0.1, -0.05) is 11.6 Å². The van der Waals surface area contributed by atoms with E-state index in [-0.39, 0.29) is 23.3 Å². The van der Waals surface area contributed by atoms with Gasteiger partial charge in [0.1, 0.15) is 5.02 Å². The number of aryl methyl sites for hydroxylation is 1. The monoisotopic (exact) mass is 347 g/mol. The molecule has 0 unspecified atom stereocenters. The minimum absolute atomic E-state index is 0.0380. The topological polar surface area (TPSA) is 92.2 Å². The quantitative estimate of drug-likeness (QED) is 0.838. The van der Waals surface area contributed by atoms with Gasteiger partial charge >= 0.3 is 5.69 Å². The third kappa shape index (κ3) is 2.90. The number of hydrogen-bond donors (Lipinski definition) is 1. The highest BCUT2D eigenvalue weighted by Gasteiger charge is 2.22. The molecular weight excluding hydrogens is 334 g/mol. The Kier molecular flexibility index (Phi) is 4.11. The standard InChI is InChI=1S/C16H14ClN3O4/c1-19-12-4-2-10(6-9(12)3-5-14(19)22)13(21)8-20-7-11(17)15(23)18-16(20)24/h2,4,6-7H,3,5,8H2,1H3,(H,18,23,24). The average Bonchev–Trinajstić information content (AvgIpc) is 2.55. The van der Waals surface area contributed by atoms with Crippen LogP contribution in [0, 0.1) is 0 Å². The van der Waals surface area contributed by atoms with Gasteiger partial charge in [-0.2, -0.15) is 0 Å². The predicted octanol–water partition coefficient (Wildman–Crippen LogP) is 0.982. The highest BCUT2D eigenvalue weighted by atomic mass is 35.5. The van der Waals surface area contributed by atoms with E-state index in [0.29, 0.717) is 18.4 Å². The van der Waals surface area contributed by atoms with Crippen LogP contribution in [0.3, 0.4) is 0 Å². The molecule has 3 rings (SSSR count). The van der Waals surface area contributed by atoms with Crippen molar-refractivity contribution in [2.75, 3.05) is 11.9 Å². The Bertz CT molecular complexity index is 961. The van der Waals surface area contributed by atoms with Crippen molar-refractivity contribution in [1.82, 2.24) is 9.55 Å². The number of amides is 1. The van der Waals surface area contributed by atoms with E-state index in [9.17, 15) is 19.2 Å². The van der Waals surface area contributed by atoms with Gasteiger partial charge in [0.05, 0.1) is 6.54 Å². The Morgan fingerprint density at radius 3 is 2.75 bits per heavy atom. The van der Waals surface area contributed by atoms with Crippen molar-refractivity contribution in [3.8, 4) is 0 Å². The number of anilines is 1. The van der Waals surface area contributed by atoms with Gasteiger partial charge in [0, 0.05) is 30.9 Å². The van der Waals surface area contributed by atoms with Crippen LogP contribution in [-0.4, -0.2) is 28.3 Å². The third-order valence-electron chi connectivity index (χ3n) is 4.03. The third-order valence-corrected chi connectivity index (χ3v) is 4.30. The Morgan fingerprint density at radius 1 is 1.25 bits per heavy atom. The maximum atomic E-state index is 12.4. The molecule has 2 aromatic rings. The number of carbonyl (C=O) groups excluding carboxylic acids is 2. The second-order valence-electron chi connectivity index (χ2n) is 5.58. The summed E-state index contributed by atoms with van der Waals surface area (Å²) < 4.78 is 1.06. The van der Waals surface area contributed by atoms with E-state index >= 15 is 0 Å². The number of nitrogens with zero attached hydrogens (tertiary/aromatic N) is 2. The van der Waals surface area contributed by atoms with Crippen LogP contribution in [0.5, 0.6) is 0 Å². The van der Waals surface area contributed by atoms with Gasteiger partial charge in [-0.05, 0) is 30.2 Å². The Labute approximate surface area is 141 Å². The van der Waals surface area contributed by atoms with Gasteiger partial charge < -0.3 is 4.90 Å². The van der Waals surface area contributed by atoms with Crippen molar-refractivity contribution in [2.24, 2.45) is 0 Å². The summed E-state index contributed by atoms with van der Waals surface area (Å²) >= 11 is 5.69. The van der Waals surface area contributed by atoms with Crippen molar-refractivity contribution in [1.29, 1.82) is 0 Å². The zero-order chi connectivity index (χ0) is 17.4. The molecule has 1 aliphatic rings. The molecule has 1 aliphatic heterocycles. The number of aromatic nitrogens is 2. The SMILES string of the molecule is CN1C(=O)CCc2cc(C(=O)Cn3cc(Cl)c(=O)[nH]c3=O)ccc21. The van der Waals surface area contributed by atoms with Crippen LogP contribution in [0.25, 0.3) is 0 Å². The van der Waals surface area contributed by atoms with Crippen molar-refractivity contribution in [3.05, 3.63) is 61.4 Å². The molecule has 0 spiro atoms. The van der Waals surface area contributed by atoms with Crippen LogP contribution >= 0.6 is 11.6 Å². The van der Waals surface area contributed by atoms with Gasteiger partial charge in [0.15, 0.2) is 5.78 Å². The average molecular weight is 348 g/mol. The van der Waals surface area contributed by atoms with E-state index in [1.165, 1.54) is 0 Å². The summed E-state index contributed by atoms with van der Waals surface area (Å²) in [6.07, 6.45) is 2.12. The van der Waals surface area contributed by atoms with Crippen molar-refractivity contribution in [3.63, 3.8) is 0 Å². The highest BCUT2D eigenvalue weighted by molar-refractivity contribution is 6.30. The number of halogens is 1. The summed E-state index contributed by atoms with van der Waals surface area (Å²) in [4.78, 5) is 50.7. The first-order chi connectivity index (χ1) is 11.4. The molecule has 0 saturated heterocycles. The fourth-order valence-corrected chi connectivity index (χ4v) is 2.84. The first kappa shape index (κ1) is 16.2. The number of Topliss-reactive ketones (excluding diaryl/α,β-unsaturated/α-hetero) is 1. The molecule has 1 amide bonds. The summed E-state index contributed by atoms with van der Waals surface area (Å²) in [5, 5.41) is -0.159. The number of benzene rings is 1. The smallest absolute Gasteiger partial charge is 0.315 e. The summed E-state index contributed by atoms with van der Waals surface area (Å²) in [5.74, 6) is -0.251. The molecular formula is C16H14ClN3O4. The van der Waals surface area contributed by atoms with E-state index in [2.05, 4.69) is 0 Å². The maximum Gasteiger partial charge on any atom is 0.328 e. The van der Waals surface area contributed by atoms with Crippen LogP contribution in [-0.2, 0) is 17.8 Å². The fourth-order valence-electron chi connectivity index (χ4n) is 2.68. The maximum absolute atomic E-state index is 12.4. The van der Waals surface area contributed by atoms with Gasteiger partial charge in [0.2, 0.25) is 5.91 Å². The largest absolute Gasteiger partial charge is 0.328 e. The molecule has 24 heavy (non-hydrogen) atoms. The molecule has 0 atom stereocenters. The first-order valence-electron chi connectivity index (χ1n) is 7.29. The lowest BCUT2D eigenvalue weighted by Crippen LogP contribution is -2.32. The molecule has 7 nitrogen and oxygen atoms in total. The summed E-state index contributed by atoms with van der Waals surface area (Å²) in [7, 11) is 1.70. The molecule has 0 radical (unpaired) electrons. The number of carbonyl (C=O) groups is 2. The summed E-state index contributed by atoms with van der Waals surface area (Å²) in [6.45, 7) is -0.233. The molecule has 0 bridgehead atoms. The molecule has 0 aliphatic carbocycles. The predicted molar refractivity (Wildman–Crippen MR) is 88.8 cm³/mol. The molecule has 124 valence electrons. The Balaban J connectivity index is 1.89. The molecule has 1 aromatic heterocycles. The first-order valence-corrected chi connectivity index (χ1v) is 7.66. The lowest BCUT2D eigenvalue weighted by Gasteiger charge is -2.26. The summed E-state index contributed by atoms with van der Waals surface area (Å²) in [5.41, 5.74) is 0.750. The van der Waals surface area contributed by atoms with Crippen molar-refractivity contribution >= 4 is 29.0 Å². The molecule has 1 N–H and O–H groups in total. The zero-order valence-electron chi connectivity index (χ0n) is 12.8. The van der Waals surface area contributed by atoms with E-state index in [4.69, 9.17) is 11.6 Å². The number of hydrogen-bond acceptors (Lipinski definition) is 4. The highest BCUT2D eigenvalue weighted by Crippen LogP contribution is 2.27. The van der Waals surface area contributed by atoms with Gasteiger partial charge in [-0.15, -0.1) is 0 Å². The Morgan fingerprint density at radius 2 is 2.00 bits per heavy atom. The lowest BCUT2D eigenvalue weighted by atomic mass is 9.97. The number of aromatic amines is 1. The van der Waals surface area contributed by atoms with Crippen LogP contribution < -0.4 is 16.1 Å². The van der Waals surface area contributed by atoms with Crippen LogP contribution in [0.15, 0.2) is 34.0 Å². The van der Waals surface area contributed by atoms with Crippen LogP contribution in [0.4, 0.5) is 5.69 Å². The van der Waals surface area contributed by atoms with Gasteiger partial charge in [-0.25, -0.2) is 4.79 Å². The van der Waals surface area contributed by atoms with E-state index in [0.717, 1.165) is 22.0 Å². The minimum atomic E-state index is -0.693.